The number of aromatic hydroxyl groups is 1. The van der Waals surface area contributed by atoms with E-state index < -0.39 is 113 Å². The lowest BCUT2D eigenvalue weighted by Gasteiger charge is -2.29. The minimum Gasteiger partial charge on any atom is -0.508 e. The van der Waals surface area contributed by atoms with Gasteiger partial charge in [-0.1, -0.05) is 117 Å². The number of unbranched alkanes of at least 4 members (excludes halogenated alkanes) is 1. The van der Waals surface area contributed by atoms with Gasteiger partial charge in [0.1, 0.15) is 48.0 Å². The van der Waals surface area contributed by atoms with Crippen molar-refractivity contribution in [1.29, 1.82) is 0 Å². The number of aromatic amines is 1. The van der Waals surface area contributed by atoms with Crippen molar-refractivity contribution in [2.45, 2.75) is 127 Å². The third kappa shape index (κ3) is 19.5. The molecule has 86 heavy (non-hydrogen) atoms. The van der Waals surface area contributed by atoms with Crippen molar-refractivity contribution >= 4 is 63.8 Å². The van der Waals surface area contributed by atoms with Gasteiger partial charge < -0.3 is 69.6 Å². The van der Waals surface area contributed by atoms with E-state index in [9.17, 15) is 49.1 Å². The van der Waals surface area contributed by atoms with Crippen molar-refractivity contribution in [3.8, 4) is 5.75 Å². The number of aliphatic hydroxyl groups excluding tert-OH is 1. The zero-order valence-corrected chi connectivity index (χ0v) is 48.1. The molecule has 24 heteroatoms. The van der Waals surface area contributed by atoms with Gasteiger partial charge in [-0.2, -0.15) is 0 Å². The second kappa shape index (κ2) is 31.9. The van der Waals surface area contributed by atoms with E-state index in [0.29, 0.717) is 46.0 Å². The molecule has 16 N–H and O–H groups in total. The van der Waals surface area contributed by atoms with E-state index in [4.69, 9.17) is 17.2 Å². The molecule has 0 aliphatic heterocycles. The molecule has 0 aliphatic carbocycles. The van der Waals surface area contributed by atoms with Crippen LogP contribution in [0, 0.1) is 16.0 Å². The Bertz CT molecular complexity index is 3270. The van der Waals surface area contributed by atoms with Crippen LogP contribution in [-0.2, 0) is 70.5 Å². The van der Waals surface area contributed by atoms with E-state index in [1.807, 2.05) is 18.2 Å². The predicted molar refractivity (Wildman–Crippen MR) is 321 cm³/mol. The van der Waals surface area contributed by atoms with Crippen molar-refractivity contribution in [3.63, 3.8) is 0 Å². The van der Waals surface area contributed by atoms with Crippen LogP contribution < -0.4 is 54.4 Å². The number of para-hydroxylation sites is 1. The van der Waals surface area contributed by atoms with Crippen LogP contribution in [0.25, 0.3) is 10.9 Å². The number of nitrogens with two attached hydrogens (primary N) is 3. The zero-order chi connectivity index (χ0) is 62.5. The summed E-state index contributed by atoms with van der Waals surface area (Å²) in [4.78, 5) is 128. The monoisotopic (exact) mass is 1180 g/mol. The Morgan fingerprint density at radius 2 is 0.953 bits per heavy atom. The normalized spacial score (nSPS) is 14.4. The van der Waals surface area contributed by atoms with Gasteiger partial charge in [0.15, 0.2) is 0 Å². The lowest BCUT2D eigenvalue weighted by atomic mass is 9.99. The number of fused-ring (bicyclic) bond motifs is 1. The molecular formula is C62H76N12O12. The number of nitro benzene ring substituents is 1. The molecule has 0 unspecified atom stereocenters. The Labute approximate surface area is 497 Å². The highest BCUT2D eigenvalue weighted by molar-refractivity contribution is 5.98. The highest BCUT2D eigenvalue weighted by atomic mass is 16.6. The number of primary amides is 1. The summed E-state index contributed by atoms with van der Waals surface area (Å²) in [5.41, 5.74) is 21.1. The van der Waals surface area contributed by atoms with Crippen LogP contribution in [0.5, 0.6) is 5.75 Å². The number of phenols is 1. The Balaban J connectivity index is 1.30. The van der Waals surface area contributed by atoms with Gasteiger partial charge in [0, 0.05) is 54.9 Å². The Hall–Kier alpha value is -9.52. The first-order valence-electron chi connectivity index (χ1n) is 28.3. The van der Waals surface area contributed by atoms with Crippen molar-refractivity contribution in [2.24, 2.45) is 23.1 Å². The van der Waals surface area contributed by atoms with Crippen LogP contribution in [0.3, 0.4) is 0 Å². The summed E-state index contributed by atoms with van der Waals surface area (Å²) in [6, 6.07) is 25.0. The fourth-order valence-electron chi connectivity index (χ4n) is 9.62. The molecule has 6 aromatic rings. The lowest BCUT2D eigenvalue weighted by Crippen LogP contribution is -2.62. The number of phenolic OH excluding ortho intramolecular Hbond substituents is 1. The number of nitrogens with one attached hydrogen (secondary N) is 8. The van der Waals surface area contributed by atoms with Gasteiger partial charge in [0.25, 0.3) is 5.69 Å². The number of rotatable bonds is 32. The molecule has 8 amide bonds. The zero-order valence-electron chi connectivity index (χ0n) is 48.1. The summed E-state index contributed by atoms with van der Waals surface area (Å²) in [5, 5.41) is 51.6. The number of amides is 8. The summed E-state index contributed by atoms with van der Waals surface area (Å²) < 4.78 is 0. The van der Waals surface area contributed by atoms with E-state index in [-0.39, 0.29) is 56.5 Å². The third-order valence-electron chi connectivity index (χ3n) is 14.4. The second-order valence-corrected chi connectivity index (χ2v) is 21.5. The molecule has 0 spiro atoms. The Kier molecular flexibility index (Phi) is 24.4. The van der Waals surface area contributed by atoms with Gasteiger partial charge in [-0.25, -0.2) is 0 Å². The molecule has 5 aromatic carbocycles. The third-order valence-corrected chi connectivity index (χ3v) is 14.4. The summed E-state index contributed by atoms with van der Waals surface area (Å²) in [7, 11) is 0. The van der Waals surface area contributed by atoms with Crippen molar-refractivity contribution in [2.75, 3.05) is 6.54 Å². The SMILES string of the molecule is CC(C)[C@H](NC(=O)[C@H](CCCCN)NC(=O)[C@@H](Cc1c[nH]c2ccccc12)NC(=O)[C@H](Cc1ccc(O)cc1)NC(=O)[C@H](Cc1ccc([N+](=O)[O-])cc1)NC(=O)[C@H](N)Cc1ccccc1)C(=O)N[C@@H](Cc1ccccc1)C(=O)N[C@H](C(N)=O)[C@@H](C)O. The van der Waals surface area contributed by atoms with Crippen molar-refractivity contribution < 1.29 is 53.5 Å². The van der Waals surface area contributed by atoms with Gasteiger partial charge in [0.05, 0.1) is 17.1 Å². The predicted octanol–water partition coefficient (Wildman–Crippen LogP) is 1.67. The van der Waals surface area contributed by atoms with E-state index in [2.05, 4.69) is 42.2 Å². The minimum atomic E-state index is -1.49. The molecule has 1 heterocycles. The Morgan fingerprint density at radius 3 is 1.47 bits per heavy atom. The smallest absolute Gasteiger partial charge is 0.269 e. The fourth-order valence-corrected chi connectivity index (χ4v) is 9.62. The maximum atomic E-state index is 15.0. The van der Waals surface area contributed by atoms with E-state index in [1.165, 1.54) is 55.5 Å². The molecule has 9 atom stereocenters. The number of H-pyrrole nitrogens is 1. The number of nitrogens with zero attached hydrogens (tertiary/aromatic N) is 1. The van der Waals surface area contributed by atoms with E-state index >= 15 is 9.59 Å². The van der Waals surface area contributed by atoms with Gasteiger partial charge >= 0.3 is 0 Å². The largest absolute Gasteiger partial charge is 0.508 e. The van der Waals surface area contributed by atoms with Gasteiger partial charge in [-0.3, -0.25) is 48.5 Å². The van der Waals surface area contributed by atoms with Crippen LogP contribution >= 0.6 is 0 Å². The first-order chi connectivity index (χ1) is 41.1. The summed E-state index contributed by atoms with van der Waals surface area (Å²) in [6.07, 6.45) is 0.526. The summed E-state index contributed by atoms with van der Waals surface area (Å²) in [5.74, 6) is -7.42. The van der Waals surface area contributed by atoms with Crippen molar-refractivity contribution in [1.82, 2.24) is 42.2 Å². The topological polar surface area (TPSA) is 398 Å². The number of hydrogen-bond acceptors (Lipinski definition) is 14. The molecule has 0 bridgehead atoms. The second-order valence-electron chi connectivity index (χ2n) is 21.5. The molecule has 0 aliphatic rings. The minimum absolute atomic E-state index is 0.0122. The number of hydrogen-bond donors (Lipinski definition) is 13. The number of carbonyl (C=O) groups excluding carboxylic acids is 8. The van der Waals surface area contributed by atoms with E-state index in [0.717, 1.165) is 5.56 Å². The molecule has 1 aromatic heterocycles. The van der Waals surface area contributed by atoms with Crippen molar-refractivity contribution in [3.05, 3.63) is 178 Å². The average Bonchev–Trinajstić information content (AvgIpc) is 3.52. The number of benzene rings is 5. The van der Waals surface area contributed by atoms with Gasteiger partial charge in [-0.05, 0) is 91.1 Å². The van der Waals surface area contributed by atoms with Crippen LogP contribution in [0.2, 0.25) is 0 Å². The lowest BCUT2D eigenvalue weighted by molar-refractivity contribution is -0.384. The van der Waals surface area contributed by atoms with Crippen LogP contribution in [0.15, 0.2) is 140 Å². The fraction of sp³-hybridized carbons (Fsp3) is 0.355. The standard InChI is InChI=1S/C62H76N12O12/c1-36(2)53(62(84)71-51(31-39-16-8-5-9-17-39)61(83)73-54(37(3)75)55(65)77)72-57(79)48(20-12-13-29-63)67-60(82)52(34-42-35-66-47-19-11-10-18-45(42)47)70-59(81)50(33-41-23-27-44(76)28-24-41)69-58(80)49(32-40-21-25-43(26-22-40)74(85)86)68-56(78)46(64)30-38-14-6-4-7-15-38/h4-11,14-19,21-28,35-37,46,48-54,66,75-76H,12-13,20,29-34,63-64H2,1-3H3,(H2,65,77)(H,67,82)(H,68,78)(H,69,80)(H,70,81)(H,71,84)(H,72,79)(H,73,83)/t37-,46-,48+,49+,50+,51+,52-,53+,54+/m1/s1. The quantitative estimate of drug-likeness (QED) is 0.0162. The van der Waals surface area contributed by atoms with Crippen LogP contribution in [-0.4, -0.2) is 128 Å². The number of non-ortho nitro benzene ring substituents is 1. The number of nitro groups is 1. The van der Waals surface area contributed by atoms with E-state index in [1.54, 1.807) is 86.8 Å². The number of aromatic nitrogens is 1. The molecule has 0 saturated heterocycles. The molecule has 456 valence electrons. The highest BCUT2D eigenvalue weighted by Crippen LogP contribution is 2.21. The molecule has 24 nitrogen and oxygen atoms in total. The van der Waals surface area contributed by atoms with Gasteiger partial charge in [0.2, 0.25) is 47.3 Å². The molecular weight excluding hydrogens is 1100 g/mol. The maximum Gasteiger partial charge on any atom is 0.269 e. The molecule has 0 radical (unpaired) electrons. The highest BCUT2D eigenvalue weighted by Gasteiger charge is 2.36. The first-order valence-corrected chi connectivity index (χ1v) is 28.3. The number of aliphatic hydroxyl groups is 1. The van der Waals surface area contributed by atoms with Crippen LogP contribution in [0.1, 0.15) is 67.9 Å². The summed E-state index contributed by atoms with van der Waals surface area (Å²) >= 11 is 0. The average molecular weight is 1180 g/mol. The molecule has 0 fully saturated rings. The maximum absolute atomic E-state index is 15.0. The van der Waals surface area contributed by atoms with Crippen LogP contribution in [0.4, 0.5) is 5.69 Å². The first kappa shape index (κ1) is 65.6. The van der Waals surface area contributed by atoms with Gasteiger partial charge in [-0.15, -0.1) is 0 Å². The Morgan fingerprint density at radius 1 is 0.523 bits per heavy atom. The number of carbonyl (C=O) groups is 8. The molecule has 0 saturated carbocycles. The molecule has 6 rings (SSSR count). The summed E-state index contributed by atoms with van der Waals surface area (Å²) in [6.45, 7) is 4.82.